The average molecular weight is 485 g/mol. The first-order valence-electron chi connectivity index (χ1n) is 11.3. The first-order chi connectivity index (χ1) is 15.1. The van der Waals surface area contributed by atoms with Crippen molar-refractivity contribution in [3.05, 3.63) is 24.3 Å². The summed E-state index contributed by atoms with van der Waals surface area (Å²) in [5.41, 5.74) is 0.207. The van der Waals surface area contributed by atoms with Gasteiger partial charge in [-0.05, 0) is 63.2 Å². The van der Waals surface area contributed by atoms with Crippen LogP contribution in [-0.4, -0.2) is 70.7 Å². The number of alkyl carbamates (subject to hydrolysis) is 1. The molecule has 33 heavy (non-hydrogen) atoms. The second-order valence-corrected chi connectivity index (χ2v) is 15.4. The van der Waals surface area contributed by atoms with Crippen molar-refractivity contribution < 1.29 is 28.5 Å². The average Bonchev–Trinajstić information content (AvgIpc) is 2.69. The van der Waals surface area contributed by atoms with Gasteiger partial charge in [-0.1, -0.05) is 20.8 Å². The van der Waals surface area contributed by atoms with Crippen molar-refractivity contribution in [2.24, 2.45) is 0 Å². The Balaban J connectivity index is 3.26. The fourth-order valence-corrected chi connectivity index (χ4v) is 4.28. The van der Waals surface area contributed by atoms with E-state index in [0.717, 1.165) is 11.4 Å². The lowest BCUT2D eigenvalue weighted by Crippen LogP contribution is -2.57. The summed E-state index contributed by atoms with van der Waals surface area (Å²) >= 11 is 0. The van der Waals surface area contributed by atoms with Crippen LogP contribution in [0.25, 0.3) is 0 Å². The molecular weight excluding hydrogens is 440 g/mol. The zero-order valence-electron chi connectivity index (χ0n) is 21.9. The molecule has 3 atom stereocenters. The molecule has 0 heterocycles. The van der Waals surface area contributed by atoms with Crippen LogP contribution in [0.2, 0.25) is 18.1 Å². The second kappa shape index (κ2) is 12.1. The Morgan fingerprint density at radius 2 is 1.61 bits per heavy atom. The molecule has 0 fully saturated rings. The van der Waals surface area contributed by atoms with Gasteiger partial charge in [0.15, 0.2) is 8.32 Å². The maximum Gasteiger partial charge on any atom is 0.407 e. The van der Waals surface area contributed by atoms with Crippen molar-refractivity contribution in [3.8, 4) is 5.75 Å². The van der Waals surface area contributed by atoms with E-state index in [1.54, 1.807) is 14.2 Å². The zero-order chi connectivity index (χ0) is 25.4. The largest absolute Gasteiger partial charge is 0.497 e. The lowest BCUT2D eigenvalue weighted by atomic mass is 10.0. The fraction of sp³-hybridized carbons (Fsp3) is 0.708. The van der Waals surface area contributed by atoms with E-state index in [0.29, 0.717) is 0 Å². The van der Waals surface area contributed by atoms with Crippen molar-refractivity contribution in [2.75, 3.05) is 32.7 Å². The Hall–Kier alpha value is -1.81. The molecule has 8 nitrogen and oxygen atoms in total. The monoisotopic (exact) mass is 484 g/mol. The minimum absolute atomic E-state index is 0.0520. The molecule has 0 aliphatic rings. The van der Waals surface area contributed by atoms with Gasteiger partial charge in [0.2, 0.25) is 0 Å². The van der Waals surface area contributed by atoms with Gasteiger partial charge in [0.1, 0.15) is 17.5 Å². The van der Waals surface area contributed by atoms with E-state index < -0.39 is 38.3 Å². The van der Waals surface area contributed by atoms with Crippen LogP contribution in [0.15, 0.2) is 24.3 Å². The molecule has 0 saturated carbocycles. The van der Waals surface area contributed by atoms with E-state index in [2.05, 4.69) is 44.5 Å². The predicted octanol–water partition coefficient (Wildman–Crippen LogP) is 4.40. The highest BCUT2D eigenvalue weighted by atomic mass is 28.4. The molecule has 0 spiro atoms. The van der Waals surface area contributed by atoms with E-state index in [1.807, 2.05) is 45.0 Å². The van der Waals surface area contributed by atoms with Crippen LogP contribution in [0.3, 0.4) is 0 Å². The summed E-state index contributed by atoms with van der Waals surface area (Å²) < 4.78 is 23.0. The maximum atomic E-state index is 12.4. The molecule has 3 N–H and O–H groups in total. The standard InChI is InChI=1S/C24H44N2O6Si/c1-23(2,3)31-22(28)25-15-19(32-33(9,10)24(4,5)6)21(20(16-27)30-8)26-17-11-13-18(29-7)14-12-17/h11-14,19-21,26-27H,15-16H2,1-10H3,(H,25,28)/t19-,20+,21+/m1/s1. The van der Waals surface area contributed by atoms with Gasteiger partial charge < -0.3 is 34.4 Å². The molecule has 0 saturated heterocycles. The Morgan fingerprint density at radius 3 is 2.03 bits per heavy atom. The maximum absolute atomic E-state index is 12.4. The number of ether oxygens (including phenoxy) is 3. The summed E-state index contributed by atoms with van der Waals surface area (Å²) in [4.78, 5) is 12.4. The van der Waals surface area contributed by atoms with Crippen molar-refractivity contribution in [1.82, 2.24) is 5.32 Å². The van der Waals surface area contributed by atoms with E-state index >= 15 is 0 Å². The molecule has 9 heteroatoms. The molecule has 0 aliphatic carbocycles. The number of amides is 1. The van der Waals surface area contributed by atoms with E-state index in [4.69, 9.17) is 18.6 Å². The molecule has 0 bridgehead atoms. The summed E-state index contributed by atoms with van der Waals surface area (Å²) in [5.74, 6) is 0.739. The fourth-order valence-electron chi connectivity index (χ4n) is 2.93. The lowest BCUT2D eigenvalue weighted by Gasteiger charge is -2.43. The highest BCUT2D eigenvalue weighted by molar-refractivity contribution is 6.74. The number of methoxy groups -OCH3 is 2. The van der Waals surface area contributed by atoms with Gasteiger partial charge in [-0.25, -0.2) is 4.79 Å². The van der Waals surface area contributed by atoms with Crippen LogP contribution in [-0.2, 0) is 13.9 Å². The van der Waals surface area contributed by atoms with Crippen LogP contribution < -0.4 is 15.4 Å². The Kier molecular flexibility index (Phi) is 10.7. The highest BCUT2D eigenvalue weighted by Crippen LogP contribution is 2.38. The van der Waals surface area contributed by atoms with Crippen molar-refractivity contribution in [2.45, 2.75) is 83.5 Å². The van der Waals surface area contributed by atoms with Gasteiger partial charge in [-0.2, -0.15) is 0 Å². The first-order valence-corrected chi connectivity index (χ1v) is 14.2. The van der Waals surface area contributed by atoms with Crippen LogP contribution in [0.5, 0.6) is 5.75 Å². The van der Waals surface area contributed by atoms with Gasteiger partial charge in [0.25, 0.3) is 0 Å². The van der Waals surface area contributed by atoms with Gasteiger partial charge >= 0.3 is 6.09 Å². The third-order valence-electron chi connectivity index (χ3n) is 5.81. The Bertz CT molecular complexity index is 724. The molecular formula is C24H44N2O6Si. The minimum atomic E-state index is -2.24. The van der Waals surface area contributed by atoms with Crippen LogP contribution in [0, 0.1) is 0 Å². The number of hydrogen-bond donors (Lipinski definition) is 3. The quantitative estimate of drug-likeness (QED) is 0.401. The van der Waals surface area contributed by atoms with Crippen molar-refractivity contribution in [3.63, 3.8) is 0 Å². The number of carbonyl (C=O) groups excluding carboxylic acids is 1. The van der Waals surface area contributed by atoms with Gasteiger partial charge in [0.05, 0.1) is 25.9 Å². The molecule has 1 amide bonds. The summed E-state index contributed by atoms with van der Waals surface area (Å²) in [6.07, 6.45) is -1.58. The second-order valence-electron chi connectivity index (χ2n) is 10.7. The van der Waals surface area contributed by atoms with Crippen LogP contribution >= 0.6 is 0 Å². The van der Waals surface area contributed by atoms with Crippen molar-refractivity contribution in [1.29, 1.82) is 0 Å². The smallest absolute Gasteiger partial charge is 0.407 e. The van der Waals surface area contributed by atoms with E-state index in [9.17, 15) is 9.90 Å². The normalized spacial score (nSPS) is 15.4. The van der Waals surface area contributed by atoms with Gasteiger partial charge in [-0.15, -0.1) is 0 Å². The third kappa shape index (κ3) is 9.52. The third-order valence-corrected chi connectivity index (χ3v) is 10.3. The van der Waals surface area contributed by atoms with Gasteiger partial charge in [-0.3, -0.25) is 0 Å². The number of anilines is 1. The molecule has 0 aliphatic heterocycles. The number of hydrogen-bond acceptors (Lipinski definition) is 7. The molecule has 1 aromatic rings. The van der Waals surface area contributed by atoms with E-state index in [-0.39, 0.29) is 18.2 Å². The first kappa shape index (κ1) is 29.2. The topological polar surface area (TPSA) is 98.3 Å². The lowest BCUT2D eigenvalue weighted by molar-refractivity contribution is 0.000781. The van der Waals surface area contributed by atoms with Gasteiger partial charge in [0, 0.05) is 19.3 Å². The van der Waals surface area contributed by atoms with Crippen molar-refractivity contribution >= 4 is 20.1 Å². The summed E-state index contributed by atoms with van der Waals surface area (Å²) in [7, 11) is 0.922. The number of aliphatic hydroxyl groups is 1. The molecule has 1 rings (SSSR count). The number of nitrogens with one attached hydrogen (secondary N) is 2. The molecule has 0 radical (unpaired) electrons. The van der Waals surface area contributed by atoms with Crippen LogP contribution in [0.4, 0.5) is 10.5 Å². The molecule has 1 aromatic carbocycles. The van der Waals surface area contributed by atoms with E-state index in [1.165, 1.54) is 0 Å². The number of benzene rings is 1. The summed E-state index contributed by atoms with van der Waals surface area (Å²) in [5, 5.41) is 16.3. The number of carbonyl (C=O) groups is 1. The van der Waals surface area contributed by atoms with Crippen LogP contribution in [0.1, 0.15) is 41.5 Å². The highest BCUT2D eigenvalue weighted by Gasteiger charge is 2.42. The Labute approximate surface area is 200 Å². The number of rotatable bonds is 11. The SMILES string of the molecule is COc1ccc(N[C@H]([C@H](CO)OC)[C@@H](CNC(=O)OC(C)(C)C)O[Si](C)(C)C(C)(C)C)cc1. The number of aliphatic hydroxyl groups excluding tert-OH is 1. The predicted molar refractivity (Wildman–Crippen MR) is 135 cm³/mol. The molecule has 190 valence electrons. The Morgan fingerprint density at radius 1 is 1.03 bits per heavy atom. The molecule has 0 aromatic heterocycles. The molecule has 0 unspecified atom stereocenters. The zero-order valence-corrected chi connectivity index (χ0v) is 22.9. The minimum Gasteiger partial charge on any atom is -0.497 e. The summed E-state index contributed by atoms with van der Waals surface area (Å²) in [6, 6.07) is 7.03. The summed E-state index contributed by atoms with van der Waals surface area (Å²) in [6.45, 7) is 16.2.